The molecule has 2 aromatic heterocycles. The Hall–Kier alpha value is -2.40. The van der Waals surface area contributed by atoms with Gasteiger partial charge in [-0.05, 0) is 25.1 Å². The van der Waals surface area contributed by atoms with Crippen LogP contribution in [0.2, 0.25) is 0 Å². The van der Waals surface area contributed by atoms with Crippen molar-refractivity contribution in [3.63, 3.8) is 0 Å². The highest BCUT2D eigenvalue weighted by molar-refractivity contribution is 7.14. The lowest BCUT2D eigenvalue weighted by Gasteiger charge is -2.04. The van der Waals surface area contributed by atoms with Crippen molar-refractivity contribution in [2.24, 2.45) is 0 Å². The van der Waals surface area contributed by atoms with E-state index in [1.807, 2.05) is 37.3 Å². The molecule has 0 aliphatic rings. The number of thiophene rings is 1. The molecule has 0 bridgehead atoms. The summed E-state index contributed by atoms with van der Waals surface area (Å²) in [5, 5.41) is 3.84. The lowest BCUT2D eigenvalue weighted by atomic mass is 10.2. The first-order valence-electron chi connectivity index (χ1n) is 6.15. The molecule has 3 rings (SSSR count). The molecule has 3 N–H and O–H groups in total. The fourth-order valence-electron chi connectivity index (χ4n) is 1.94. The van der Waals surface area contributed by atoms with Crippen LogP contribution >= 0.6 is 11.3 Å². The Bertz CT molecular complexity index is 775. The topological polar surface area (TPSA) is 68.0 Å². The average Bonchev–Trinajstić information content (AvgIpc) is 2.79. The predicted octanol–water partition coefficient (Wildman–Crippen LogP) is 3.44. The number of hydrogen-bond acceptors (Lipinski definition) is 4. The number of fused-ring (bicyclic) bond motifs is 1. The molecule has 0 saturated heterocycles. The molecule has 0 atom stereocenters. The largest absolute Gasteiger partial charge is 0.398 e. The average molecular weight is 283 g/mol. The van der Waals surface area contributed by atoms with Crippen molar-refractivity contribution in [1.29, 1.82) is 0 Å². The standard InChI is InChI=1S/C15H13N3OS/c1-9-12(16)7-14(20-9)15(19)18-11-6-10-4-2-3-5-13(10)17-8-11/h2-8H,16H2,1H3,(H,18,19). The minimum Gasteiger partial charge on any atom is -0.398 e. The summed E-state index contributed by atoms with van der Waals surface area (Å²) < 4.78 is 0. The van der Waals surface area contributed by atoms with Crippen molar-refractivity contribution >= 4 is 39.5 Å². The number of hydrogen-bond donors (Lipinski definition) is 2. The minimum atomic E-state index is -0.160. The van der Waals surface area contributed by atoms with Gasteiger partial charge in [0, 0.05) is 16.0 Å². The molecule has 0 spiro atoms. The van der Waals surface area contributed by atoms with E-state index < -0.39 is 0 Å². The lowest BCUT2D eigenvalue weighted by molar-refractivity contribution is 0.103. The predicted molar refractivity (Wildman–Crippen MR) is 83.2 cm³/mol. The van der Waals surface area contributed by atoms with Gasteiger partial charge in [-0.25, -0.2) is 0 Å². The third kappa shape index (κ3) is 2.35. The smallest absolute Gasteiger partial charge is 0.265 e. The zero-order chi connectivity index (χ0) is 14.1. The number of nitrogen functional groups attached to an aromatic ring is 1. The number of carbonyl (C=O) groups is 1. The molecule has 4 nitrogen and oxygen atoms in total. The van der Waals surface area contributed by atoms with Crippen LogP contribution in [0.3, 0.4) is 0 Å². The molecule has 0 saturated carbocycles. The van der Waals surface area contributed by atoms with Gasteiger partial charge in [0.05, 0.1) is 22.3 Å². The Morgan fingerprint density at radius 3 is 2.85 bits per heavy atom. The van der Waals surface area contributed by atoms with E-state index in [-0.39, 0.29) is 5.91 Å². The van der Waals surface area contributed by atoms with E-state index >= 15 is 0 Å². The quantitative estimate of drug-likeness (QED) is 0.757. The zero-order valence-electron chi connectivity index (χ0n) is 10.9. The van der Waals surface area contributed by atoms with Gasteiger partial charge in [-0.1, -0.05) is 18.2 Å². The first-order chi connectivity index (χ1) is 9.63. The van der Waals surface area contributed by atoms with E-state index in [1.54, 1.807) is 12.3 Å². The van der Waals surface area contributed by atoms with Crippen LogP contribution in [0.1, 0.15) is 14.5 Å². The summed E-state index contributed by atoms with van der Waals surface area (Å²) in [5.74, 6) is -0.160. The summed E-state index contributed by atoms with van der Waals surface area (Å²) in [4.78, 5) is 18.0. The molecule has 1 amide bonds. The first kappa shape index (κ1) is 12.6. The van der Waals surface area contributed by atoms with E-state index in [0.29, 0.717) is 16.3 Å². The van der Waals surface area contributed by atoms with Gasteiger partial charge in [0.1, 0.15) is 0 Å². The van der Waals surface area contributed by atoms with Crippen molar-refractivity contribution in [2.45, 2.75) is 6.92 Å². The second-order valence-electron chi connectivity index (χ2n) is 4.49. The highest BCUT2D eigenvalue weighted by atomic mass is 32.1. The summed E-state index contributed by atoms with van der Waals surface area (Å²) in [5.41, 5.74) is 8.00. The molecule has 0 unspecified atom stereocenters. The molecule has 1 aromatic carbocycles. The van der Waals surface area contributed by atoms with Crippen molar-refractivity contribution in [3.05, 3.63) is 52.3 Å². The van der Waals surface area contributed by atoms with Crippen LogP contribution in [-0.2, 0) is 0 Å². The Morgan fingerprint density at radius 2 is 2.10 bits per heavy atom. The second kappa shape index (κ2) is 4.94. The number of amides is 1. The molecule has 100 valence electrons. The molecule has 2 heterocycles. The molecule has 20 heavy (non-hydrogen) atoms. The molecule has 0 radical (unpaired) electrons. The van der Waals surface area contributed by atoms with Crippen LogP contribution in [0.5, 0.6) is 0 Å². The number of benzene rings is 1. The minimum absolute atomic E-state index is 0.160. The second-order valence-corrected chi connectivity index (χ2v) is 5.75. The van der Waals surface area contributed by atoms with Gasteiger partial charge in [-0.15, -0.1) is 11.3 Å². The third-order valence-electron chi connectivity index (χ3n) is 3.03. The number of carbonyl (C=O) groups excluding carboxylic acids is 1. The molecular weight excluding hydrogens is 270 g/mol. The van der Waals surface area contributed by atoms with E-state index in [1.165, 1.54) is 11.3 Å². The number of aromatic nitrogens is 1. The highest BCUT2D eigenvalue weighted by Gasteiger charge is 2.11. The molecule has 5 heteroatoms. The van der Waals surface area contributed by atoms with Crippen LogP contribution < -0.4 is 11.1 Å². The van der Waals surface area contributed by atoms with E-state index in [0.717, 1.165) is 15.8 Å². The van der Waals surface area contributed by atoms with E-state index in [4.69, 9.17) is 5.73 Å². The number of anilines is 2. The van der Waals surface area contributed by atoms with Gasteiger partial charge in [0.15, 0.2) is 0 Å². The summed E-state index contributed by atoms with van der Waals surface area (Å²) in [6, 6.07) is 11.4. The maximum Gasteiger partial charge on any atom is 0.265 e. The number of nitrogens with two attached hydrogens (primary N) is 1. The third-order valence-corrected chi connectivity index (χ3v) is 4.09. The fourth-order valence-corrected chi connectivity index (χ4v) is 2.78. The number of aryl methyl sites for hydroxylation is 1. The number of rotatable bonds is 2. The van der Waals surface area contributed by atoms with E-state index in [2.05, 4.69) is 10.3 Å². The lowest BCUT2D eigenvalue weighted by Crippen LogP contribution is -2.10. The monoisotopic (exact) mass is 283 g/mol. The number of nitrogens with zero attached hydrogens (tertiary/aromatic N) is 1. The number of pyridine rings is 1. The summed E-state index contributed by atoms with van der Waals surface area (Å²) >= 11 is 1.39. The Morgan fingerprint density at radius 1 is 1.30 bits per heavy atom. The van der Waals surface area contributed by atoms with Crippen molar-refractivity contribution in [3.8, 4) is 0 Å². The van der Waals surface area contributed by atoms with Crippen molar-refractivity contribution in [1.82, 2.24) is 4.98 Å². The fraction of sp³-hybridized carbons (Fsp3) is 0.0667. The summed E-state index contributed by atoms with van der Waals surface area (Å²) in [6.07, 6.45) is 1.66. The van der Waals surface area contributed by atoms with Crippen LogP contribution in [0.15, 0.2) is 42.6 Å². The van der Waals surface area contributed by atoms with Crippen LogP contribution in [0.4, 0.5) is 11.4 Å². The van der Waals surface area contributed by atoms with Crippen LogP contribution in [0.25, 0.3) is 10.9 Å². The molecule has 0 fully saturated rings. The molecule has 0 aliphatic heterocycles. The highest BCUT2D eigenvalue weighted by Crippen LogP contribution is 2.24. The zero-order valence-corrected chi connectivity index (χ0v) is 11.7. The Balaban J connectivity index is 1.87. The Labute approximate surface area is 120 Å². The van der Waals surface area contributed by atoms with Gasteiger partial charge >= 0.3 is 0 Å². The molecule has 3 aromatic rings. The van der Waals surface area contributed by atoms with E-state index in [9.17, 15) is 4.79 Å². The maximum absolute atomic E-state index is 12.1. The summed E-state index contributed by atoms with van der Waals surface area (Å²) in [7, 11) is 0. The van der Waals surface area contributed by atoms with Crippen LogP contribution in [-0.4, -0.2) is 10.9 Å². The van der Waals surface area contributed by atoms with Gasteiger partial charge in [-0.3, -0.25) is 9.78 Å². The Kier molecular flexibility index (Phi) is 3.12. The van der Waals surface area contributed by atoms with Crippen molar-refractivity contribution in [2.75, 3.05) is 11.1 Å². The van der Waals surface area contributed by atoms with Gasteiger partial charge < -0.3 is 11.1 Å². The first-order valence-corrected chi connectivity index (χ1v) is 6.97. The van der Waals surface area contributed by atoms with Gasteiger partial charge in [0.2, 0.25) is 0 Å². The summed E-state index contributed by atoms with van der Waals surface area (Å²) in [6.45, 7) is 1.90. The number of para-hydroxylation sites is 1. The van der Waals surface area contributed by atoms with Crippen molar-refractivity contribution < 1.29 is 4.79 Å². The van der Waals surface area contributed by atoms with Gasteiger partial charge in [-0.2, -0.15) is 0 Å². The molecular formula is C15H13N3OS. The SMILES string of the molecule is Cc1sc(C(=O)Nc2cnc3ccccc3c2)cc1N. The maximum atomic E-state index is 12.1. The van der Waals surface area contributed by atoms with Crippen LogP contribution in [0, 0.1) is 6.92 Å². The molecule has 0 aliphatic carbocycles. The van der Waals surface area contributed by atoms with Gasteiger partial charge in [0.25, 0.3) is 5.91 Å². The number of nitrogens with one attached hydrogen (secondary N) is 1. The normalized spacial score (nSPS) is 10.7.